The predicted molar refractivity (Wildman–Crippen MR) is 91.3 cm³/mol. The normalized spacial score (nSPS) is 12.9. The number of rotatable bonds is 4. The van der Waals surface area contributed by atoms with E-state index >= 15 is 0 Å². The van der Waals surface area contributed by atoms with Crippen LogP contribution in [0.5, 0.6) is 0 Å². The van der Waals surface area contributed by atoms with Gasteiger partial charge < -0.3 is 5.32 Å². The molecule has 0 fully saturated rings. The number of hydrogen-bond donors (Lipinski definition) is 1. The van der Waals surface area contributed by atoms with Crippen LogP contribution >= 0.6 is 43.2 Å². The molecule has 2 aromatic rings. The first kappa shape index (κ1) is 16.1. The Balaban J connectivity index is 2.46. The third-order valence-corrected chi connectivity index (χ3v) is 5.11. The number of hydrogen-bond acceptors (Lipinski definition) is 4. The van der Waals surface area contributed by atoms with E-state index in [0.717, 1.165) is 25.3 Å². The Kier molecular flexibility index (Phi) is 5.34. The fourth-order valence-corrected chi connectivity index (χ4v) is 4.06. The lowest BCUT2D eigenvalue weighted by molar-refractivity contribution is 0.516. The minimum Gasteiger partial charge on any atom is -0.301 e. The lowest BCUT2D eigenvalue weighted by Crippen LogP contribution is -2.29. The van der Waals surface area contributed by atoms with Gasteiger partial charge in [0.25, 0.3) is 0 Å². The molecule has 0 aliphatic carbocycles. The zero-order chi connectivity index (χ0) is 14.9. The first-order valence-electron chi connectivity index (χ1n) is 6.39. The van der Waals surface area contributed by atoms with Crippen molar-refractivity contribution in [2.45, 2.75) is 39.8 Å². The molecule has 1 atom stereocenters. The second-order valence-electron chi connectivity index (χ2n) is 4.97. The summed E-state index contributed by atoms with van der Waals surface area (Å²) in [4.78, 5) is 10.5. The van der Waals surface area contributed by atoms with Gasteiger partial charge in [0.2, 0.25) is 0 Å². The molecule has 0 aliphatic heterocycles. The predicted octanol–water partition coefficient (Wildman–Crippen LogP) is 4.77. The van der Waals surface area contributed by atoms with Crippen molar-refractivity contribution in [1.29, 1.82) is 0 Å². The van der Waals surface area contributed by atoms with E-state index in [2.05, 4.69) is 67.9 Å². The molecule has 3 nitrogen and oxygen atoms in total. The van der Waals surface area contributed by atoms with Crippen LogP contribution < -0.4 is 5.32 Å². The van der Waals surface area contributed by atoms with Gasteiger partial charge in [-0.2, -0.15) is 0 Å². The molecule has 108 valence electrons. The summed E-state index contributed by atoms with van der Waals surface area (Å²) >= 11 is 8.77. The maximum atomic E-state index is 4.69. The van der Waals surface area contributed by atoms with Gasteiger partial charge in [-0.1, -0.05) is 0 Å². The minimum atomic E-state index is 0.00914. The van der Waals surface area contributed by atoms with Crippen molar-refractivity contribution in [2.75, 3.05) is 0 Å². The fraction of sp³-hybridized carbons (Fsp3) is 0.429. The van der Waals surface area contributed by atoms with Gasteiger partial charge in [0.05, 0.1) is 11.4 Å². The Labute approximate surface area is 140 Å². The van der Waals surface area contributed by atoms with E-state index in [1.54, 1.807) is 11.3 Å². The molecule has 0 aromatic carbocycles. The quantitative estimate of drug-likeness (QED) is 0.777. The Bertz CT molecular complexity index is 591. The van der Waals surface area contributed by atoms with E-state index in [0.29, 0.717) is 6.04 Å². The maximum absolute atomic E-state index is 4.69. The first-order valence-corrected chi connectivity index (χ1v) is 8.79. The molecule has 0 radical (unpaired) electrons. The van der Waals surface area contributed by atoms with E-state index in [4.69, 9.17) is 0 Å². The molecule has 0 saturated carbocycles. The Morgan fingerprint density at radius 2 is 1.95 bits per heavy atom. The highest BCUT2D eigenvalue weighted by Crippen LogP contribution is 2.32. The lowest BCUT2D eigenvalue weighted by atomic mass is 10.1. The zero-order valence-electron chi connectivity index (χ0n) is 11.9. The number of aromatic nitrogens is 2. The standard InChI is InChI=1S/C14H17Br2N3S/c1-7(2)18-13(14-19-8(3)9(4)20-14)12-11(16)5-10(15)6-17-12/h5-7,13,18H,1-4H3. The van der Waals surface area contributed by atoms with Crippen LogP contribution in [-0.4, -0.2) is 16.0 Å². The van der Waals surface area contributed by atoms with Crippen molar-refractivity contribution in [3.8, 4) is 0 Å². The molecule has 2 rings (SSSR count). The zero-order valence-corrected chi connectivity index (χ0v) is 15.9. The average Bonchev–Trinajstić information content (AvgIpc) is 2.67. The summed E-state index contributed by atoms with van der Waals surface area (Å²) in [6.07, 6.45) is 1.82. The van der Waals surface area contributed by atoms with Crippen LogP contribution in [0.4, 0.5) is 0 Å². The van der Waals surface area contributed by atoms with Crippen molar-refractivity contribution >= 4 is 43.2 Å². The molecular weight excluding hydrogens is 402 g/mol. The molecule has 20 heavy (non-hydrogen) atoms. The van der Waals surface area contributed by atoms with E-state index in [-0.39, 0.29) is 6.04 Å². The fourth-order valence-electron chi connectivity index (χ4n) is 1.86. The molecule has 1 N–H and O–H groups in total. The van der Waals surface area contributed by atoms with Crippen LogP contribution in [0.3, 0.4) is 0 Å². The smallest absolute Gasteiger partial charge is 0.116 e. The molecule has 0 spiro atoms. The summed E-state index contributed by atoms with van der Waals surface area (Å²) in [5, 5.41) is 4.61. The van der Waals surface area contributed by atoms with Gasteiger partial charge in [-0.3, -0.25) is 4.98 Å². The van der Waals surface area contributed by atoms with Crippen molar-refractivity contribution in [2.24, 2.45) is 0 Å². The highest BCUT2D eigenvalue weighted by atomic mass is 79.9. The van der Waals surface area contributed by atoms with Crippen LogP contribution in [-0.2, 0) is 0 Å². The largest absolute Gasteiger partial charge is 0.301 e. The Hall–Kier alpha value is -0.300. The molecule has 0 bridgehead atoms. The van der Waals surface area contributed by atoms with Crippen LogP contribution in [0.15, 0.2) is 21.2 Å². The highest BCUT2D eigenvalue weighted by molar-refractivity contribution is 9.11. The second-order valence-corrected chi connectivity index (χ2v) is 7.97. The maximum Gasteiger partial charge on any atom is 0.116 e. The number of nitrogens with one attached hydrogen (secondary N) is 1. The average molecular weight is 419 g/mol. The van der Waals surface area contributed by atoms with Gasteiger partial charge in [-0.15, -0.1) is 11.3 Å². The van der Waals surface area contributed by atoms with Crippen LogP contribution in [0, 0.1) is 13.8 Å². The number of aryl methyl sites for hydroxylation is 2. The Morgan fingerprint density at radius 3 is 2.45 bits per heavy atom. The monoisotopic (exact) mass is 417 g/mol. The summed E-state index contributed by atoms with van der Waals surface area (Å²) in [6, 6.07) is 2.38. The molecule has 1 unspecified atom stereocenters. The molecule has 6 heteroatoms. The van der Waals surface area contributed by atoms with Crippen molar-refractivity contribution in [3.63, 3.8) is 0 Å². The number of thiazole rings is 1. The van der Waals surface area contributed by atoms with Gasteiger partial charge in [0, 0.05) is 26.1 Å². The minimum absolute atomic E-state index is 0.00914. The number of pyridine rings is 1. The topological polar surface area (TPSA) is 37.8 Å². The van der Waals surface area contributed by atoms with Gasteiger partial charge in [0.1, 0.15) is 11.0 Å². The van der Waals surface area contributed by atoms with E-state index in [1.165, 1.54) is 4.88 Å². The van der Waals surface area contributed by atoms with Gasteiger partial charge in [0.15, 0.2) is 0 Å². The number of nitrogens with zero attached hydrogens (tertiary/aromatic N) is 2. The van der Waals surface area contributed by atoms with Crippen molar-refractivity contribution in [1.82, 2.24) is 15.3 Å². The molecule has 2 aromatic heterocycles. The molecule has 0 aliphatic rings. The van der Waals surface area contributed by atoms with Crippen molar-refractivity contribution < 1.29 is 0 Å². The van der Waals surface area contributed by atoms with Crippen LogP contribution in [0.1, 0.15) is 41.2 Å². The van der Waals surface area contributed by atoms with Crippen molar-refractivity contribution in [3.05, 3.63) is 42.5 Å². The molecule has 0 saturated heterocycles. The summed E-state index contributed by atoms with van der Waals surface area (Å²) < 4.78 is 1.94. The van der Waals surface area contributed by atoms with E-state index < -0.39 is 0 Å². The van der Waals surface area contributed by atoms with E-state index in [1.807, 2.05) is 19.2 Å². The van der Waals surface area contributed by atoms with Gasteiger partial charge in [-0.25, -0.2) is 4.98 Å². The summed E-state index contributed by atoms with van der Waals surface area (Å²) in [7, 11) is 0. The third-order valence-electron chi connectivity index (χ3n) is 2.90. The molecule has 2 heterocycles. The third kappa shape index (κ3) is 3.67. The SMILES string of the molecule is Cc1nc(C(NC(C)C)c2ncc(Br)cc2Br)sc1C. The summed E-state index contributed by atoms with van der Waals surface area (Å²) in [5.74, 6) is 0. The molecule has 0 amide bonds. The Morgan fingerprint density at radius 1 is 1.25 bits per heavy atom. The lowest BCUT2D eigenvalue weighted by Gasteiger charge is -2.20. The summed E-state index contributed by atoms with van der Waals surface area (Å²) in [5.41, 5.74) is 2.06. The van der Waals surface area contributed by atoms with Gasteiger partial charge in [-0.05, 0) is 65.6 Å². The first-order chi connectivity index (χ1) is 9.38. The molecular formula is C14H17Br2N3S. The van der Waals surface area contributed by atoms with Gasteiger partial charge >= 0.3 is 0 Å². The summed E-state index contributed by atoms with van der Waals surface area (Å²) in [6.45, 7) is 8.42. The van der Waals surface area contributed by atoms with Crippen LogP contribution in [0.25, 0.3) is 0 Å². The van der Waals surface area contributed by atoms with E-state index in [9.17, 15) is 0 Å². The highest BCUT2D eigenvalue weighted by Gasteiger charge is 2.23. The van der Waals surface area contributed by atoms with Crippen LogP contribution in [0.2, 0.25) is 0 Å². The second kappa shape index (κ2) is 6.64. The number of halogens is 2.